The maximum atomic E-state index is 10.7. The number of carboxylic acid groups (broad SMARTS) is 1. The van der Waals surface area contributed by atoms with Crippen molar-refractivity contribution in [3.8, 4) is 17.6 Å². The molecule has 5 nitrogen and oxygen atoms in total. The summed E-state index contributed by atoms with van der Waals surface area (Å²) in [5, 5.41) is 26.9. The first kappa shape index (κ1) is 13.1. The Hall–Kier alpha value is -2.00. The Morgan fingerprint density at radius 2 is 2.24 bits per heavy atom. The van der Waals surface area contributed by atoms with Gasteiger partial charge in [0.1, 0.15) is 11.6 Å². The number of benzene rings is 1. The highest BCUT2D eigenvalue weighted by atomic mass is 79.9. The van der Waals surface area contributed by atoms with Crippen LogP contribution in [-0.4, -0.2) is 23.3 Å². The minimum absolute atomic E-state index is 0.0847. The van der Waals surface area contributed by atoms with Gasteiger partial charge in [0.25, 0.3) is 0 Å². The largest absolute Gasteiger partial charge is 0.503 e. The summed E-state index contributed by atoms with van der Waals surface area (Å²) in [6.45, 7) is 0. The van der Waals surface area contributed by atoms with E-state index in [0.29, 0.717) is 10.0 Å². The van der Waals surface area contributed by atoms with E-state index in [4.69, 9.17) is 15.1 Å². The van der Waals surface area contributed by atoms with Crippen LogP contribution >= 0.6 is 15.9 Å². The third-order valence-electron chi connectivity index (χ3n) is 1.93. The first-order valence-electron chi connectivity index (χ1n) is 4.41. The van der Waals surface area contributed by atoms with Crippen molar-refractivity contribution < 1.29 is 19.7 Å². The van der Waals surface area contributed by atoms with Crippen LogP contribution in [-0.2, 0) is 4.79 Å². The normalized spacial score (nSPS) is 10.8. The molecular formula is C11H8BrNO4. The fourth-order valence-corrected chi connectivity index (χ4v) is 1.60. The summed E-state index contributed by atoms with van der Waals surface area (Å²) in [5.74, 6) is -1.21. The van der Waals surface area contributed by atoms with Crippen LogP contribution in [0.15, 0.2) is 22.2 Å². The molecule has 1 rings (SSSR count). The Morgan fingerprint density at radius 1 is 1.59 bits per heavy atom. The Kier molecular flexibility index (Phi) is 4.12. The number of phenolic OH excluding ortho intramolecular Hbond substituents is 1. The summed E-state index contributed by atoms with van der Waals surface area (Å²) in [4.78, 5) is 10.7. The van der Waals surface area contributed by atoms with Crippen molar-refractivity contribution in [3.05, 3.63) is 27.7 Å². The fraction of sp³-hybridized carbons (Fsp3) is 0.0909. The van der Waals surface area contributed by atoms with Gasteiger partial charge < -0.3 is 14.9 Å². The molecule has 1 aromatic carbocycles. The maximum absolute atomic E-state index is 10.7. The highest BCUT2D eigenvalue weighted by Crippen LogP contribution is 2.35. The average Bonchev–Trinajstić information content (AvgIpc) is 2.29. The first-order chi connectivity index (χ1) is 7.99. The van der Waals surface area contributed by atoms with E-state index >= 15 is 0 Å². The molecule has 0 aliphatic carbocycles. The molecule has 2 N–H and O–H groups in total. The first-order valence-corrected chi connectivity index (χ1v) is 5.20. The molecule has 0 atom stereocenters. The van der Waals surface area contributed by atoms with E-state index in [1.54, 1.807) is 6.07 Å². The van der Waals surface area contributed by atoms with E-state index in [2.05, 4.69) is 15.9 Å². The predicted molar refractivity (Wildman–Crippen MR) is 63.6 cm³/mol. The molecule has 0 heterocycles. The summed E-state index contributed by atoms with van der Waals surface area (Å²) in [7, 11) is 1.37. The molecule has 0 aromatic heterocycles. The van der Waals surface area contributed by atoms with Gasteiger partial charge in [-0.05, 0) is 39.7 Å². The molecular weight excluding hydrogens is 290 g/mol. The zero-order valence-corrected chi connectivity index (χ0v) is 10.4. The molecule has 1 aromatic rings. The van der Waals surface area contributed by atoms with Gasteiger partial charge in [-0.25, -0.2) is 4.79 Å². The van der Waals surface area contributed by atoms with Gasteiger partial charge in [-0.15, -0.1) is 0 Å². The molecule has 0 spiro atoms. The minimum Gasteiger partial charge on any atom is -0.503 e. The molecule has 0 fully saturated rings. The number of methoxy groups -OCH3 is 1. The summed E-state index contributed by atoms with van der Waals surface area (Å²) >= 11 is 3.10. The molecule has 0 aliphatic rings. The number of aliphatic carboxylic acids is 1. The topological polar surface area (TPSA) is 90.5 Å². The zero-order valence-electron chi connectivity index (χ0n) is 8.77. The molecule has 88 valence electrons. The molecule has 6 heteroatoms. The van der Waals surface area contributed by atoms with Crippen molar-refractivity contribution in [1.29, 1.82) is 5.26 Å². The highest BCUT2D eigenvalue weighted by Gasteiger charge is 2.10. The molecule has 0 amide bonds. The molecule has 0 saturated heterocycles. The van der Waals surface area contributed by atoms with Crippen molar-refractivity contribution in [3.63, 3.8) is 0 Å². The van der Waals surface area contributed by atoms with Gasteiger partial charge in [0.2, 0.25) is 0 Å². The summed E-state index contributed by atoms with van der Waals surface area (Å²) in [5.41, 5.74) is 0.0371. The van der Waals surface area contributed by atoms with Crippen LogP contribution in [0, 0.1) is 11.3 Å². The number of ether oxygens (including phenoxy) is 1. The van der Waals surface area contributed by atoms with Gasteiger partial charge >= 0.3 is 5.97 Å². The van der Waals surface area contributed by atoms with Crippen LogP contribution < -0.4 is 4.74 Å². The van der Waals surface area contributed by atoms with Gasteiger partial charge in [0.15, 0.2) is 11.5 Å². The Bertz CT molecular complexity index is 531. The Balaban J connectivity index is 3.30. The SMILES string of the molecule is COc1cc(C=C(C#N)C(=O)O)cc(Br)c1O. The Labute approximate surface area is 106 Å². The van der Waals surface area contributed by atoms with Crippen LogP contribution in [0.25, 0.3) is 6.08 Å². The van der Waals surface area contributed by atoms with Crippen molar-refractivity contribution in [1.82, 2.24) is 0 Å². The quantitative estimate of drug-likeness (QED) is 0.659. The molecule has 0 unspecified atom stereocenters. The van der Waals surface area contributed by atoms with E-state index in [1.165, 1.54) is 25.3 Å². The van der Waals surface area contributed by atoms with Crippen molar-refractivity contribution in [2.75, 3.05) is 7.11 Å². The van der Waals surface area contributed by atoms with Crippen LogP contribution in [0.2, 0.25) is 0 Å². The van der Waals surface area contributed by atoms with Crippen LogP contribution in [0.4, 0.5) is 0 Å². The van der Waals surface area contributed by atoms with E-state index < -0.39 is 11.5 Å². The monoisotopic (exact) mass is 297 g/mol. The molecule has 0 bridgehead atoms. The zero-order chi connectivity index (χ0) is 13.0. The number of rotatable bonds is 3. The molecule has 0 saturated carbocycles. The number of hydrogen-bond acceptors (Lipinski definition) is 4. The van der Waals surface area contributed by atoms with Crippen LogP contribution in [0.5, 0.6) is 11.5 Å². The smallest absolute Gasteiger partial charge is 0.346 e. The third-order valence-corrected chi connectivity index (χ3v) is 2.54. The lowest BCUT2D eigenvalue weighted by Gasteiger charge is -2.06. The lowest BCUT2D eigenvalue weighted by molar-refractivity contribution is -0.132. The van der Waals surface area contributed by atoms with Crippen LogP contribution in [0.1, 0.15) is 5.56 Å². The van der Waals surface area contributed by atoms with Crippen molar-refractivity contribution >= 4 is 28.0 Å². The van der Waals surface area contributed by atoms with Crippen molar-refractivity contribution in [2.45, 2.75) is 0 Å². The number of nitrogens with zero attached hydrogens (tertiary/aromatic N) is 1. The average molecular weight is 298 g/mol. The van der Waals surface area contributed by atoms with E-state index in [9.17, 15) is 9.90 Å². The van der Waals surface area contributed by atoms with Crippen molar-refractivity contribution in [2.24, 2.45) is 0 Å². The fourth-order valence-electron chi connectivity index (χ4n) is 1.14. The standard InChI is InChI=1S/C11H8BrNO4/c1-17-9-4-6(3-8(12)10(9)14)2-7(5-13)11(15)16/h2-4,14H,1H3,(H,15,16). The summed E-state index contributed by atoms with van der Waals surface area (Å²) < 4.78 is 5.26. The number of carboxylic acids is 1. The van der Waals surface area contributed by atoms with Crippen LogP contribution in [0.3, 0.4) is 0 Å². The van der Waals surface area contributed by atoms with Gasteiger partial charge in [0, 0.05) is 0 Å². The van der Waals surface area contributed by atoms with E-state index in [0.717, 1.165) is 0 Å². The second kappa shape index (κ2) is 5.37. The molecule has 0 aliphatic heterocycles. The predicted octanol–water partition coefficient (Wildman–Crippen LogP) is 2.15. The number of hydrogen-bond donors (Lipinski definition) is 2. The van der Waals surface area contributed by atoms with Gasteiger partial charge in [-0.2, -0.15) is 5.26 Å². The lowest BCUT2D eigenvalue weighted by Crippen LogP contribution is -1.97. The minimum atomic E-state index is -1.31. The highest BCUT2D eigenvalue weighted by molar-refractivity contribution is 9.10. The van der Waals surface area contributed by atoms with Gasteiger partial charge in [0.05, 0.1) is 11.6 Å². The summed E-state index contributed by atoms with van der Waals surface area (Å²) in [6, 6.07) is 4.48. The van der Waals surface area contributed by atoms with E-state index in [1.807, 2.05) is 0 Å². The molecule has 17 heavy (non-hydrogen) atoms. The lowest BCUT2D eigenvalue weighted by atomic mass is 10.1. The second-order valence-electron chi connectivity index (χ2n) is 3.03. The second-order valence-corrected chi connectivity index (χ2v) is 3.88. The summed E-state index contributed by atoms with van der Waals surface area (Å²) in [6.07, 6.45) is 1.19. The number of aromatic hydroxyl groups is 1. The Morgan fingerprint density at radius 3 is 2.71 bits per heavy atom. The van der Waals surface area contributed by atoms with E-state index in [-0.39, 0.29) is 11.5 Å². The number of nitriles is 1. The number of phenols is 1. The van der Waals surface area contributed by atoms with Gasteiger partial charge in [-0.3, -0.25) is 0 Å². The molecule has 0 radical (unpaired) electrons. The maximum Gasteiger partial charge on any atom is 0.346 e. The third kappa shape index (κ3) is 2.98. The van der Waals surface area contributed by atoms with Gasteiger partial charge in [-0.1, -0.05) is 0 Å². The number of carbonyl (C=O) groups is 1. The number of halogens is 1.